The normalized spacial score (nSPS) is 10.3. The summed E-state index contributed by atoms with van der Waals surface area (Å²) in [5, 5.41) is 12.1. The van der Waals surface area contributed by atoms with Gasteiger partial charge in [-0.2, -0.15) is 5.26 Å². The van der Waals surface area contributed by atoms with Crippen molar-refractivity contribution in [2.45, 2.75) is 13.5 Å². The van der Waals surface area contributed by atoms with Gasteiger partial charge in [0.1, 0.15) is 11.5 Å². The number of hydrogen-bond acceptors (Lipinski definition) is 3. The molecule has 0 spiro atoms. The molecule has 0 atom stereocenters. The number of nitrogens with one attached hydrogen (secondary N) is 1. The molecule has 0 amide bonds. The molecule has 0 aliphatic heterocycles. The van der Waals surface area contributed by atoms with Crippen molar-refractivity contribution in [3.8, 4) is 17.4 Å². The SMILES string of the molecule is Cc1c(Cl)cccc1-c1ccc(CNCC#N)o1. The Balaban J connectivity index is 2.19. The molecule has 0 aliphatic rings. The van der Waals surface area contributed by atoms with Crippen molar-refractivity contribution >= 4 is 11.6 Å². The van der Waals surface area contributed by atoms with Crippen LogP contribution in [0.4, 0.5) is 0 Å². The van der Waals surface area contributed by atoms with Gasteiger partial charge in [0.15, 0.2) is 0 Å². The van der Waals surface area contributed by atoms with E-state index in [0.29, 0.717) is 13.1 Å². The Morgan fingerprint density at radius 2 is 2.17 bits per heavy atom. The fourth-order valence-corrected chi connectivity index (χ4v) is 1.91. The summed E-state index contributed by atoms with van der Waals surface area (Å²) in [5.74, 6) is 1.60. The number of furan rings is 1. The van der Waals surface area contributed by atoms with E-state index in [-0.39, 0.29) is 0 Å². The highest BCUT2D eigenvalue weighted by Crippen LogP contribution is 2.29. The van der Waals surface area contributed by atoms with Crippen LogP contribution in [0.2, 0.25) is 5.02 Å². The standard InChI is InChI=1S/C14H13ClN2O/c1-10-12(3-2-4-13(10)15)14-6-5-11(18-14)9-17-8-7-16/h2-6,17H,8-9H2,1H3. The zero-order valence-corrected chi connectivity index (χ0v) is 10.8. The van der Waals surface area contributed by atoms with Crippen molar-refractivity contribution in [2.75, 3.05) is 6.54 Å². The Morgan fingerprint density at radius 1 is 1.33 bits per heavy atom. The van der Waals surface area contributed by atoms with Crippen LogP contribution in [-0.2, 0) is 6.54 Å². The van der Waals surface area contributed by atoms with E-state index in [1.165, 1.54) is 0 Å². The van der Waals surface area contributed by atoms with E-state index in [1.54, 1.807) is 0 Å². The Morgan fingerprint density at radius 3 is 2.94 bits per heavy atom. The Labute approximate surface area is 111 Å². The van der Waals surface area contributed by atoms with Gasteiger partial charge in [0.05, 0.1) is 19.2 Å². The predicted molar refractivity (Wildman–Crippen MR) is 71.2 cm³/mol. The van der Waals surface area contributed by atoms with Gasteiger partial charge in [0.2, 0.25) is 0 Å². The summed E-state index contributed by atoms with van der Waals surface area (Å²) in [7, 11) is 0. The second kappa shape index (κ2) is 5.72. The summed E-state index contributed by atoms with van der Waals surface area (Å²) in [5.41, 5.74) is 2.00. The molecule has 4 heteroatoms. The predicted octanol–water partition coefficient (Wildman–Crippen LogP) is 3.52. The van der Waals surface area contributed by atoms with E-state index in [4.69, 9.17) is 21.3 Å². The molecule has 1 aromatic carbocycles. The van der Waals surface area contributed by atoms with Crippen LogP contribution in [0.1, 0.15) is 11.3 Å². The van der Waals surface area contributed by atoms with Gasteiger partial charge < -0.3 is 4.42 Å². The molecule has 0 aliphatic carbocycles. The molecule has 0 saturated carbocycles. The first kappa shape index (κ1) is 12.7. The lowest BCUT2D eigenvalue weighted by Gasteiger charge is -2.04. The summed E-state index contributed by atoms with van der Waals surface area (Å²) >= 11 is 6.08. The Kier molecular flexibility index (Phi) is 4.03. The maximum atomic E-state index is 8.44. The monoisotopic (exact) mass is 260 g/mol. The number of nitrogens with zero attached hydrogens (tertiary/aromatic N) is 1. The van der Waals surface area contributed by atoms with Gasteiger partial charge in [-0.05, 0) is 30.7 Å². The highest BCUT2D eigenvalue weighted by Gasteiger charge is 2.09. The lowest BCUT2D eigenvalue weighted by atomic mass is 10.1. The summed E-state index contributed by atoms with van der Waals surface area (Å²) in [4.78, 5) is 0. The average Bonchev–Trinajstić information content (AvgIpc) is 2.82. The summed E-state index contributed by atoms with van der Waals surface area (Å²) in [6, 6.07) is 11.6. The Bertz CT molecular complexity index is 584. The second-order valence-corrected chi connectivity index (χ2v) is 4.35. The molecule has 0 radical (unpaired) electrons. The van der Waals surface area contributed by atoms with E-state index in [1.807, 2.05) is 43.3 Å². The van der Waals surface area contributed by atoms with E-state index >= 15 is 0 Å². The third-order valence-corrected chi connectivity index (χ3v) is 3.11. The van der Waals surface area contributed by atoms with Crippen LogP contribution >= 0.6 is 11.6 Å². The highest BCUT2D eigenvalue weighted by atomic mass is 35.5. The fraction of sp³-hybridized carbons (Fsp3) is 0.214. The quantitative estimate of drug-likeness (QED) is 0.676. The number of benzene rings is 1. The number of nitriles is 1. The first-order valence-electron chi connectivity index (χ1n) is 5.64. The largest absolute Gasteiger partial charge is 0.460 e. The molecular weight excluding hydrogens is 248 g/mol. The second-order valence-electron chi connectivity index (χ2n) is 3.94. The molecule has 0 saturated heterocycles. The molecule has 1 heterocycles. The van der Waals surface area contributed by atoms with Crippen LogP contribution < -0.4 is 5.32 Å². The van der Waals surface area contributed by atoms with Gasteiger partial charge in [-0.15, -0.1) is 0 Å². The number of rotatable bonds is 4. The van der Waals surface area contributed by atoms with Gasteiger partial charge in [-0.25, -0.2) is 0 Å². The van der Waals surface area contributed by atoms with Crippen LogP contribution in [-0.4, -0.2) is 6.54 Å². The molecule has 0 bridgehead atoms. The van der Waals surface area contributed by atoms with Crippen molar-refractivity contribution in [1.82, 2.24) is 5.32 Å². The molecule has 92 valence electrons. The topological polar surface area (TPSA) is 49.0 Å². The van der Waals surface area contributed by atoms with Crippen LogP contribution in [0.25, 0.3) is 11.3 Å². The molecule has 2 aromatic rings. The van der Waals surface area contributed by atoms with Crippen LogP contribution in [0.5, 0.6) is 0 Å². The summed E-state index contributed by atoms with van der Waals surface area (Å²) < 4.78 is 5.72. The first-order valence-corrected chi connectivity index (χ1v) is 6.02. The van der Waals surface area contributed by atoms with Gasteiger partial charge in [-0.1, -0.05) is 23.7 Å². The van der Waals surface area contributed by atoms with Crippen LogP contribution in [0.15, 0.2) is 34.7 Å². The average molecular weight is 261 g/mol. The molecule has 1 N–H and O–H groups in total. The fourth-order valence-electron chi connectivity index (χ4n) is 1.73. The van der Waals surface area contributed by atoms with E-state index < -0.39 is 0 Å². The molecule has 0 unspecified atom stereocenters. The molecule has 1 aromatic heterocycles. The van der Waals surface area contributed by atoms with Gasteiger partial charge in [0, 0.05) is 10.6 Å². The van der Waals surface area contributed by atoms with Crippen molar-refractivity contribution in [3.63, 3.8) is 0 Å². The molecule has 18 heavy (non-hydrogen) atoms. The maximum absolute atomic E-state index is 8.44. The third-order valence-electron chi connectivity index (χ3n) is 2.70. The smallest absolute Gasteiger partial charge is 0.134 e. The maximum Gasteiger partial charge on any atom is 0.134 e. The van der Waals surface area contributed by atoms with Gasteiger partial charge >= 0.3 is 0 Å². The van der Waals surface area contributed by atoms with Crippen molar-refractivity contribution < 1.29 is 4.42 Å². The minimum atomic E-state index is 0.312. The number of halogens is 1. The molecule has 3 nitrogen and oxygen atoms in total. The number of hydrogen-bond donors (Lipinski definition) is 1. The minimum absolute atomic E-state index is 0.312. The van der Waals surface area contributed by atoms with Gasteiger partial charge in [0.25, 0.3) is 0 Å². The van der Waals surface area contributed by atoms with Crippen LogP contribution in [0.3, 0.4) is 0 Å². The zero-order chi connectivity index (χ0) is 13.0. The van der Waals surface area contributed by atoms with E-state index in [2.05, 4.69) is 5.32 Å². The summed E-state index contributed by atoms with van der Waals surface area (Å²) in [6.07, 6.45) is 0. The zero-order valence-electron chi connectivity index (χ0n) is 10.0. The molecule has 0 fully saturated rings. The lowest BCUT2D eigenvalue weighted by molar-refractivity contribution is 0.502. The molecule has 2 rings (SSSR count). The highest BCUT2D eigenvalue weighted by molar-refractivity contribution is 6.31. The molecular formula is C14H13ClN2O. The first-order chi connectivity index (χ1) is 8.72. The minimum Gasteiger partial charge on any atom is -0.460 e. The summed E-state index contributed by atoms with van der Waals surface area (Å²) in [6.45, 7) is 2.83. The Hall–Kier alpha value is -1.76. The van der Waals surface area contributed by atoms with Crippen molar-refractivity contribution in [1.29, 1.82) is 5.26 Å². The van der Waals surface area contributed by atoms with Crippen LogP contribution in [0, 0.1) is 18.3 Å². The van der Waals surface area contributed by atoms with E-state index in [9.17, 15) is 0 Å². The lowest BCUT2D eigenvalue weighted by Crippen LogP contribution is -2.12. The third kappa shape index (κ3) is 2.73. The van der Waals surface area contributed by atoms with E-state index in [0.717, 1.165) is 27.7 Å². The van der Waals surface area contributed by atoms with Gasteiger partial charge in [-0.3, -0.25) is 5.32 Å². The van der Waals surface area contributed by atoms with Crippen molar-refractivity contribution in [3.05, 3.63) is 46.7 Å². The van der Waals surface area contributed by atoms with Crippen molar-refractivity contribution in [2.24, 2.45) is 0 Å².